The van der Waals surface area contributed by atoms with Gasteiger partial charge in [-0.3, -0.25) is 0 Å². The molecule has 3 nitrogen and oxygen atoms in total. The Morgan fingerprint density at radius 1 is 0.205 bits per heavy atom. The molecule has 0 amide bonds. The zero-order valence-corrected chi connectivity index (χ0v) is 40.0. The van der Waals surface area contributed by atoms with Gasteiger partial charge in [0.2, 0.25) is 0 Å². The van der Waals surface area contributed by atoms with Crippen molar-refractivity contribution in [3.8, 4) is 106 Å². The number of nitrogens with zero attached hydrogens (tertiary/aromatic N) is 3. The average Bonchev–Trinajstić information content (AvgIpc) is 3.82. The van der Waals surface area contributed by atoms with Crippen molar-refractivity contribution in [1.29, 1.82) is 0 Å². The molecule has 13 rings (SSSR count). The second kappa shape index (κ2) is 18.9. The second-order valence-electron chi connectivity index (χ2n) is 18.6. The van der Waals surface area contributed by atoms with Crippen molar-refractivity contribution in [3.05, 3.63) is 285 Å². The van der Waals surface area contributed by atoms with Gasteiger partial charge in [0.15, 0.2) is 5.82 Å². The Bertz CT molecular complexity index is 4100. The lowest BCUT2D eigenvalue weighted by atomic mass is 9.95. The Labute approximate surface area is 425 Å². The number of hydrogen-bond donors (Lipinski definition) is 0. The van der Waals surface area contributed by atoms with Gasteiger partial charge in [0.1, 0.15) is 0 Å². The number of para-hydroxylation sites is 1. The molecular formula is C70H47N3. The van der Waals surface area contributed by atoms with Gasteiger partial charge in [-0.05, 0) is 115 Å². The molecule has 0 radical (unpaired) electrons. The number of benzene rings is 11. The number of aromatic nitrogens is 3. The van der Waals surface area contributed by atoms with Gasteiger partial charge in [0, 0.05) is 33.2 Å². The van der Waals surface area contributed by atoms with Crippen LogP contribution >= 0.6 is 0 Å². The van der Waals surface area contributed by atoms with Gasteiger partial charge in [0.05, 0.1) is 22.4 Å². The summed E-state index contributed by atoms with van der Waals surface area (Å²) in [5.74, 6) is 0.684. The van der Waals surface area contributed by atoms with Crippen LogP contribution in [0.1, 0.15) is 0 Å². The van der Waals surface area contributed by atoms with Gasteiger partial charge in [-0.2, -0.15) is 0 Å². The molecule has 0 aliphatic carbocycles. The van der Waals surface area contributed by atoms with Crippen LogP contribution in [-0.4, -0.2) is 14.5 Å². The first-order chi connectivity index (χ1) is 36.1. The van der Waals surface area contributed by atoms with E-state index in [1.54, 1.807) is 0 Å². The highest BCUT2D eigenvalue weighted by Crippen LogP contribution is 2.38. The molecule has 11 aromatic carbocycles. The molecule has 2 aromatic heterocycles. The number of fused-ring (bicyclic) bond motifs is 3. The number of rotatable bonds is 10. The van der Waals surface area contributed by atoms with E-state index in [1.165, 1.54) is 66.3 Å². The van der Waals surface area contributed by atoms with Gasteiger partial charge < -0.3 is 4.57 Å². The van der Waals surface area contributed by atoms with E-state index in [1.807, 2.05) is 6.07 Å². The lowest BCUT2D eigenvalue weighted by Crippen LogP contribution is -1.96. The molecule has 0 saturated carbocycles. The minimum atomic E-state index is 0.684. The maximum atomic E-state index is 5.22. The summed E-state index contributed by atoms with van der Waals surface area (Å²) >= 11 is 0. The van der Waals surface area contributed by atoms with Crippen LogP contribution in [0.25, 0.3) is 128 Å². The third-order valence-electron chi connectivity index (χ3n) is 14.0. The smallest absolute Gasteiger partial charge is 0.160 e. The predicted molar refractivity (Wildman–Crippen MR) is 305 cm³/mol. The largest absolute Gasteiger partial charge is 0.309 e. The molecule has 3 heteroatoms. The highest BCUT2D eigenvalue weighted by Gasteiger charge is 2.16. The van der Waals surface area contributed by atoms with Crippen LogP contribution in [0, 0.1) is 0 Å². The topological polar surface area (TPSA) is 30.7 Å². The molecule has 0 aliphatic rings. The van der Waals surface area contributed by atoms with E-state index in [-0.39, 0.29) is 0 Å². The Balaban J connectivity index is 0.802. The normalized spacial score (nSPS) is 11.3. The summed E-state index contributed by atoms with van der Waals surface area (Å²) in [4.78, 5) is 10.4. The van der Waals surface area contributed by atoms with Crippen LogP contribution in [0.3, 0.4) is 0 Å². The Morgan fingerprint density at radius 3 is 1.08 bits per heavy atom. The van der Waals surface area contributed by atoms with E-state index >= 15 is 0 Å². The predicted octanol–water partition coefficient (Wildman–Crippen LogP) is 18.6. The fourth-order valence-electron chi connectivity index (χ4n) is 10.3. The maximum absolute atomic E-state index is 5.22. The molecule has 0 aliphatic heterocycles. The molecule has 342 valence electrons. The molecule has 0 unspecified atom stereocenters. The van der Waals surface area contributed by atoms with Crippen LogP contribution in [0.2, 0.25) is 0 Å². The summed E-state index contributed by atoms with van der Waals surface area (Å²) in [5, 5.41) is 2.48. The standard InChI is InChI=1S/C70H47N3/c1-4-16-48(17-5-1)55-22-12-25-58(42-55)59-26-13-23-56(43-59)50-32-36-53(37-33-50)67-47-66(52-20-8-3-9-21-52)71-70(72-67)54-38-34-51(35-39-54)57-24-14-27-60(44-57)62-40-41-65-64-30-10-11-31-68(64)73(69(65)46-62)63-29-15-28-61(45-63)49-18-6-2-7-19-49/h1-47H. The monoisotopic (exact) mass is 929 g/mol. The van der Waals surface area contributed by atoms with Crippen molar-refractivity contribution in [2.24, 2.45) is 0 Å². The minimum Gasteiger partial charge on any atom is -0.309 e. The van der Waals surface area contributed by atoms with Crippen LogP contribution in [-0.2, 0) is 0 Å². The molecule has 13 aromatic rings. The number of hydrogen-bond acceptors (Lipinski definition) is 2. The van der Waals surface area contributed by atoms with Gasteiger partial charge in [-0.25, -0.2) is 9.97 Å². The van der Waals surface area contributed by atoms with E-state index in [2.05, 4.69) is 284 Å². The van der Waals surface area contributed by atoms with Crippen LogP contribution in [0.15, 0.2) is 285 Å². The van der Waals surface area contributed by atoms with Gasteiger partial charge >= 0.3 is 0 Å². The van der Waals surface area contributed by atoms with Crippen molar-refractivity contribution in [3.63, 3.8) is 0 Å². The molecule has 0 atom stereocenters. The molecule has 0 saturated heterocycles. The minimum absolute atomic E-state index is 0.684. The fourth-order valence-corrected chi connectivity index (χ4v) is 10.3. The lowest BCUT2D eigenvalue weighted by molar-refractivity contribution is 1.18. The summed E-state index contributed by atoms with van der Waals surface area (Å²) in [5.41, 5.74) is 22.4. The molecule has 0 bridgehead atoms. The molecule has 0 fully saturated rings. The van der Waals surface area contributed by atoms with E-state index in [4.69, 9.17) is 9.97 Å². The highest BCUT2D eigenvalue weighted by atomic mass is 15.0. The van der Waals surface area contributed by atoms with Crippen molar-refractivity contribution < 1.29 is 0 Å². The van der Waals surface area contributed by atoms with E-state index in [9.17, 15) is 0 Å². The van der Waals surface area contributed by atoms with Crippen LogP contribution in [0.4, 0.5) is 0 Å². The summed E-state index contributed by atoms with van der Waals surface area (Å²) < 4.78 is 2.41. The van der Waals surface area contributed by atoms with Crippen LogP contribution < -0.4 is 0 Å². The third-order valence-corrected chi connectivity index (χ3v) is 14.0. The van der Waals surface area contributed by atoms with Gasteiger partial charge in [-0.1, -0.05) is 237 Å². The molecule has 2 heterocycles. The summed E-state index contributed by atoms with van der Waals surface area (Å²) in [7, 11) is 0. The SMILES string of the molecule is c1ccc(-c2cccc(-c3cccc(-c4ccc(-c5cc(-c6ccccc6)nc(-c6ccc(-c7cccc(-c8ccc9c%10ccccc%10n(-c%10cccc(-c%11ccccc%11)c%10)c9c8)c7)cc6)n5)cc4)c3)c2)cc1. The van der Waals surface area contributed by atoms with Crippen molar-refractivity contribution in [2.45, 2.75) is 0 Å². The maximum Gasteiger partial charge on any atom is 0.160 e. The Hall–Kier alpha value is -9.70. The lowest BCUT2D eigenvalue weighted by Gasteiger charge is -2.12. The van der Waals surface area contributed by atoms with E-state index in [0.29, 0.717) is 5.82 Å². The quantitative estimate of drug-likeness (QED) is 0.137. The summed E-state index contributed by atoms with van der Waals surface area (Å²) in [6.45, 7) is 0. The third kappa shape index (κ3) is 8.60. The van der Waals surface area contributed by atoms with Gasteiger partial charge in [0.25, 0.3) is 0 Å². The van der Waals surface area contributed by atoms with Crippen molar-refractivity contribution in [1.82, 2.24) is 14.5 Å². The fraction of sp³-hybridized carbons (Fsp3) is 0. The zero-order chi connectivity index (χ0) is 48.5. The Morgan fingerprint density at radius 2 is 0.548 bits per heavy atom. The van der Waals surface area contributed by atoms with E-state index < -0.39 is 0 Å². The summed E-state index contributed by atoms with van der Waals surface area (Å²) in [6, 6.07) is 102. The van der Waals surface area contributed by atoms with Crippen molar-refractivity contribution >= 4 is 21.8 Å². The summed E-state index contributed by atoms with van der Waals surface area (Å²) in [6.07, 6.45) is 0. The molecule has 0 N–H and O–H groups in total. The average molecular weight is 930 g/mol. The van der Waals surface area contributed by atoms with E-state index in [0.717, 1.165) is 56.0 Å². The first kappa shape index (κ1) is 43.3. The zero-order valence-electron chi connectivity index (χ0n) is 40.0. The highest BCUT2D eigenvalue weighted by molar-refractivity contribution is 6.10. The Kier molecular flexibility index (Phi) is 11.2. The van der Waals surface area contributed by atoms with Crippen molar-refractivity contribution in [2.75, 3.05) is 0 Å². The van der Waals surface area contributed by atoms with Crippen LogP contribution in [0.5, 0.6) is 0 Å². The first-order valence-electron chi connectivity index (χ1n) is 24.9. The molecule has 0 spiro atoms. The second-order valence-corrected chi connectivity index (χ2v) is 18.6. The molecular weight excluding hydrogens is 883 g/mol. The van der Waals surface area contributed by atoms with Gasteiger partial charge in [-0.15, -0.1) is 0 Å². The first-order valence-corrected chi connectivity index (χ1v) is 24.9. The molecule has 73 heavy (non-hydrogen) atoms.